The van der Waals surface area contributed by atoms with Gasteiger partial charge in [0, 0.05) is 13.1 Å². The van der Waals surface area contributed by atoms with Crippen molar-refractivity contribution in [3.05, 3.63) is 71.9 Å². The molecular weight excluding hydrogens is 482 g/mol. The lowest BCUT2D eigenvalue weighted by atomic mass is 9.77. The lowest BCUT2D eigenvalue weighted by molar-refractivity contribution is -0.160. The van der Waals surface area contributed by atoms with Crippen molar-refractivity contribution >= 4 is 16.0 Å². The molecule has 0 aliphatic heterocycles. The number of benzene rings is 2. The van der Waals surface area contributed by atoms with E-state index in [1.807, 2.05) is 24.3 Å². The Labute approximate surface area is 211 Å². The lowest BCUT2D eigenvalue weighted by Crippen LogP contribution is -2.51. The van der Waals surface area contributed by atoms with Gasteiger partial charge in [0.1, 0.15) is 11.5 Å². The summed E-state index contributed by atoms with van der Waals surface area (Å²) in [6, 6.07) is 16.0. The first kappa shape index (κ1) is 25.7. The van der Waals surface area contributed by atoms with Gasteiger partial charge in [0.2, 0.25) is 0 Å². The van der Waals surface area contributed by atoms with Gasteiger partial charge in [-0.15, -0.1) is 0 Å². The number of carbonyl (C=O) groups is 1. The molecule has 0 saturated heterocycles. The predicted octanol–water partition coefficient (Wildman–Crippen LogP) is 3.73. The van der Waals surface area contributed by atoms with Crippen LogP contribution in [0.3, 0.4) is 0 Å². The molecule has 0 N–H and O–H groups in total. The summed E-state index contributed by atoms with van der Waals surface area (Å²) >= 11 is 0. The first-order valence-corrected chi connectivity index (χ1v) is 13.3. The van der Waals surface area contributed by atoms with E-state index < -0.39 is 21.5 Å². The molecule has 1 heterocycles. The number of carbonyl (C=O) groups excluding carboxylic acids is 1. The third-order valence-corrected chi connectivity index (χ3v) is 8.27. The van der Waals surface area contributed by atoms with Gasteiger partial charge in [0.25, 0.3) is 10.0 Å². The van der Waals surface area contributed by atoms with E-state index in [1.165, 1.54) is 21.3 Å². The number of ether oxygens (including phenoxy) is 3. The monoisotopic (exact) mass is 513 g/mol. The van der Waals surface area contributed by atoms with Gasteiger partial charge in [0.05, 0.1) is 27.0 Å². The van der Waals surface area contributed by atoms with E-state index in [2.05, 4.69) is 5.10 Å². The summed E-state index contributed by atoms with van der Waals surface area (Å²) in [5, 5.41) is 4.27. The summed E-state index contributed by atoms with van der Waals surface area (Å²) in [4.78, 5) is 12.9. The molecule has 0 bridgehead atoms. The van der Waals surface area contributed by atoms with Crippen LogP contribution in [-0.2, 0) is 38.2 Å². The van der Waals surface area contributed by atoms with Crippen molar-refractivity contribution < 1.29 is 27.4 Å². The molecule has 1 aliphatic rings. The van der Waals surface area contributed by atoms with E-state index in [1.54, 1.807) is 45.4 Å². The highest BCUT2D eigenvalue weighted by atomic mass is 32.2. The van der Waals surface area contributed by atoms with Gasteiger partial charge >= 0.3 is 5.97 Å². The van der Waals surface area contributed by atoms with Crippen molar-refractivity contribution in [1.82, 2.24) is 14.1 Å². The molecule has 10 heteroatoms. The third-order valence-electron chi connectivity index (χ3n) is 6.49. The van der Waals surface area contributed by atoms with E-state index in [0.717, 1.165) is 17.5 Å². The van der Waals surface area contributed by atoms with Crippen molar-refractivity contribution in [2.45, 2.75) is 49.8 Å². The van der Waals surface area contributed by atoms with E-state index in [0.29, 0.717) is 24.3 Å². The molecule has 1 saturated carbocycles. The molecule has 1 aliphatic carbocycles. The largest absolute Gasteiger partial charge is 0.497 e. The summed E-state index contributed by atoms with van der Waals surface area (Å²) < 4.78 is 46.7. The van der Waals surface area contributed by atoms with E-state index >= 15 is 0 Å². The molecule has 0 atom stereocenters. The smallest absolute Gasteiger partial charge is 0.334 e. The molecule has 2 aromatic carbocycles. The summed E-state index contributed by atoms with van der Waals surface area (Å²) in [7, 11) is -0.901. The zero-order valence-corrected chi connectivity index (χ0v) is 21.5. The summed E-state index contributed by atoms with van der Waals surface area (Å²) in [5.41, 5.74) is 0.485. The fraction of sp³-hybridized carbons (Fsp3) is 0.385. The Hall–Kier alpha value is -3.37. The minimum Gasteiger partial charge on any atom is -0.497 e. The number of sulfonamides is 1. The van der Waals surface area contributed by atoms with Crippen molar-refractivity contribution in [3.63, 3.8) is 0 Å². The van der Waals surface area contributed by atoms with Crippen LogP contribution in [0.5, 0.6) is 11.5 Å². The van der Waals surface area contributed by atoms with Gasteiger partial charge < -0.3 is 14.2 Å². The Morgan fingerprint density at radius 2 is 1.47 bits per heavy atom. The topological polar surface area (TPSA) is 100.0 Å². The molecule has 0 unspecified atom stereocenters. The molecule has 0 amide bonds. The van der Waals surface area contributed by atoms with Crippen molar-refractivity contribution in [3.8, 4) is 11.5 Å². The highest BCUT2D eigenvalue weighted by Gasteiger charge is 2.50. The fourth-order valence-corrected chi connectivity index (χ4v) is 5.89. The minimum absolute atomic E-state index is 0.0303. The van der Waals surface area contributed by atoms with E-state index in [4.69, 9.17) is 14.2 Å². The lowest BCUT2D eigenvalue weighted by Gasteiger charge is -2.40. The average Bonchev–Trinajstić information content (AvgIpc) is 3.35. The predicted molar refractivity (Wildman–Crippen MR) is 133 cm³/mol. The number of hydrogen-bond acceptors (Lipinski definition) is 7. The maximum absolute atomic E-state index is 14.1. The SMILES string of the molecule is CCOC(=O)C1(n2nccc2S(=O)(=O)N(Cc2ccc(OC)cc2)Cc2ccc(OC)cc2)CCC1. The Bertz CT molecular complexity index is 1230. The number of esters is 1. The van der Waals surface area contributed by atoms with Gasteiger partial charge in [-0.3, -0.25) is 0 Å². The second-order valence-electron chi connectivity index (χ2n) is 8.66. The Kier molecular flexibility index (Phi) is 7.65. The minimum atomic E-state index is -4.06. The van der Waals surface area contributed by atoms with Crippen molar-refractivity contribution in [2.24, 2.45) is 0 Å². The van der Waals surface area contributed by atoms with Crippen LogP contribution in [0.2, 0.25) is 0 Å². The van der Waals surface area contributed by atoms with Crippen molar-refractivity contribution in [2.75, 3.05) is 20.8 Å². The van der Waals surface area contributed by atoms with Crippen LogP contribution in [0, 0.1) is 0 Å². The average molecular weight is 514 g/mol. The third kappa shape index (κ3) is 4.96. The fourth-order valence-electron chi connectivity index (χ4n) is 4.31. The van der Waals surface area contributed by atoms with Gasteiger partial charge in [-0.2, -0.15) is 9.40 Å². The summed E-state index contributed by atoms with van der Waals surface area (Å²) in [5.74, 6) is 0.916. The Balaban J connectivity index is 1.72. The number of methoxy groups -OCH3 is 2. The number of hydrogen-bond donors (Lipinski definition) is 0. The van der Waals surface area contributed by atoms with Crippen LogP contribution in [0.25, 0.3) is 0 Å². The molecular formula is C26H31N3O6S. The molecule has 0 radical (unpaired) electrons. The molecule has 0 spiro atoms. The first-order chi connectivity index (χ1) is 17.3. The van der Waals surface area contributed by atoms with E-state index in [9.17, 15) is 13.2 Å². The molecule has 1 aromatic heterocycles. The van der Waals surface area contributed by atoms with Gasteiger partial charge in [-0.1, -0.05) is 24.3 Å². The van der Waals surface area contributed by atoms with Gasteiger partial charge in [-0.05, 0) is 67.6 Å². The highest BCUT2D eigenvalue weighted by molar-refractivity contribution is 7.89. The maximum atomic E-state index is 14.1. The molecule has 9 nitrogen and oxygen atoms in total. The second-order valence-corrected chi connectivity index (χ2v) is 10.5. The molecule has 192 valence electrons. The van der Waals surface area contributed by atoms with Crippen LogP contribution in [-0.4, -0.2) is 49.3 Å². The normalized spacial score (nSPS) is 14.8. The van der Waals surface area contributed by atoms with Gasteiger partial charge in [0.15, 0.2) is 10.6 Å². The zero-order chi connectivity index (χ0) is 25.8. The molecule has 1 fully saturated rings. The van der Waals surface area contributed by atoms with Crippen molar-refractivity contribution in [1.29, 1.82) is 0 Å². The van der Waals surface area contributed by atoms with Gasteiger partial charge in [-0.25, -0.2) is 17.9 Å². The van der Waals surface area contributed by atoms with Crippen LogP contribution >= 0.6 is 0 Å². The number of aromatic nitrogens is 2. The number of rotatable bonds is 11. The Morgan fingerprint density at radius 3 is 1.89 bits per heavy atom. The van der Waals surface area contributed by atoms with Crippen LogP contribution < -0.4 is 9.47 Å². The van der Waals surface area contributed by atoms with Crippen LogP contribution in [0.1, 0.15) is 37.3 Å². The molecule has 3 aromatic rings. The maximum Gasteiger partial charge on any atom is 0.334 e. The number of nitrogens with zero attached hydrogens (tertiary/aromatic N) is 3. The summed E-state index contributed by atoms with van der Waals surface area (Å²) in [6.45, 7) is 2.19. The first-order valence-electron chi connectivity index (χ1n) is 11.8. The van der Waals surface area contributed by atoms with Crippen LogP contribution in [0.15, 0.2) is 65.8 Å². The second kappa shape index (κ2) is 10.7. The standard InChI is InChI=1S/C26H31N3O6S/c1-4-35-25(30)26(15-5-16-26)29-24(14-17-27-29)36(31,32)28(18-20-6-10-22(33-2)11-7-20)19-21-8-12-23(34-3)13-9-21/h6-14,17H,4-5,15-16,18-19H2,1-3H3. The molecule has 4 rings (SSSR count). The molecule has 36 heavy (non-hydrogen) atoms. The Morgan fingerprint density at radius 1 is 0.944 bits per heavy atom. The highest BCUT2D eigenvalue weighted by Crippen LogP contribution is 2.42. The summed E-state index contributed by atoms with van der Waals surface area (Å²) in [6.07, 6.45) is 3.17. The van der Waals surface area contributed by atoms with E-state index in [-0.39, 0.29) is 24.7 Å². The van der Waals surface area contributed by atoms with Crippen LogP contribution in [0.4, 0.5) is 0 Å². The zero-order valence-electron chi connectivity index (χ0n) is 20.7. The quantitative estimate of drug-likeness (QED) is 0.360.